The van der Waals surface area contributed by atoms with Crippen LogP contribution in [-0.2, 0) is 0 Å². The highest BCUT2D eigenvalue weighted by molar-refractivity contribution is 5.91. The molecule has 0 aromatic carbocycles. The summed E-state index contributed by atoms with van der Waals surface area (Å²) in [5, 5.41) is 4.57. The first-order chi connectivity index (χ1) is 11.0. The van der Waals surface area contributed by atoms with Crippen molar-refractivity contribution >= 4 is 16.7 Å². The summed E-state index contributed by atoms with van der Waals surface area (Å²) >= 11 is 0. The second-order valence-corrected chi connectivity index (χ2v) is 5.71. The molecule has 0 unspecified atom stereocenters. The van der Waals surface area contributed by atoms with Gasteiger partial charge in [-0.3, -0.25) is 4.68 Å². The number of fused-ring (bicyclic) bond motifs is 1. The second kappa shape index (κ2) is 5.87. The van der Waals surface area contributed by atoms with Gasteiger partial charge in [-0.15, -0.1) is 0 Å². The first-order valence-electron chi connectivity index (χ1n) is 7.76. The maximum Gasteiger partial charge on any atom is 0.222 e. The maximum absolute atomic E-state index is 6.31. The van der Waals surface area contributed by atoms with Crippen molar-refractivity contribution in [2.24, 2.45) is 0 Å². The van der Waals surface area contributed by atoms with E-state index >= 15 is 0 Å². The molecule has 0 bridgehead atoms. The average Bonchev–Trinajstić information content (AvgIpc) is 2.86. The Morgan fingerprint density at radius 3 is 2.83 bits per heavy atom. The van der Waals surface area contributed by atoms with E-state index < -0.39 is 0 Å². The number of aromatic nitrogens is 4. The molecule has 0 amide bonds. The van der Waals surface area contributed by atoms with Crippen molar-refractivity contribution in [3.05, 3.63) is 30.1 Å². The van der Waals surface area contributed by atoms with E-state index in [-0.39, 0.29) is 6.04 Å². The fourth-order valence-electron chi connectivity index (χ4n) is 2.66. The van der Waals surface area contributed by atoms with Crippen LogP contribution in [0.3, 0.4) is 0 Å². The molecule has 0 atom stereocenters. The van der Waals surface area contributed by atoms with Gasteiger partial charge in [-0.1, -0.05) is 0 Å². The van der Waals surface area contributed by atoms with Crippen molar-refractivity contribution < 1.29 is 4.74 Å². The zero-order valence-electron chi connectivity index (χ0n) is 13.9. The predicted molar refractivity (Wildman–Crippen MR) is 91.5 cm³/mol. The summed E-state index contributed by atoms with van der Waals surface area (Å²) in [5.41, 5.74) is 11.1. The van der Waals surface area contributed by atoms with Crippen LogP contribution in [0.5, 0.6) is 5.88 Å². The van der Waals surface area contributed by atoms with Crippen molar-refractivity contribution in [2.45, 2.75) is 33.7 Å². The zero-order chi connectivity index (χ0) is 16.6. The van der Waals surface area contributed by atoms with Crippen LogP contribution in [0.2, 0.25) is 0 Å². The van der Waals surface area contributed by atoms with Gasteiger partial charge in [0, 0.05) is 12.2 Å². The van der Waals surface area contributed by atoms with Gasteiger partial charge in [-0.05, 0) is 45.9 Å². The lowest BCUT2D eigenvalue weighted by atomic mass is 10.1. The highest BCUT2D eigenvalue weighted by atomic mass is 16.5. The van der Waals surface area contributed by atoms with Crippen molar-refractivity contribution in [3.8, 4) is 17.1 Å². The van der Waals surface area contributed by atoms with E-state index in [0.29, 0.717) is 18.2 Å². The van der Waals surface area contributed by atoms with Gasteiger partial charge in [0.05, 0.1) is 29.2 Å². The number of rotatable bonds is 4. The smallest absolute Gasteiger partial charge is 0.222 e. The lowest BCUT2D eigenvalue weighted by molar-refractivity contribution is 0.328. The van der Waals surface area contributed by atoms with Crippen molar-refractivity contribution in [1.82, 2.24) is 19.7 Å². The lowest BCUT2D eigenvalue weighted by Gasteiger charge is -2.11. The van der Waals surface area contributed by atoms with Gasteiger partial charge in [0.15, 0.2) is 0 Å². The Bertz CT molecular complexity index is 854. The molecule has 0 fully saturated rings. The number of nitrogens with zero attached hydrogens (tertiary/aromatic N) is 4. The molecule has 0 aliphatic rings. The molecule has 0 saturated heterocycles. The molecule has 2 N–H and O–H groups in total. The van der Waals surface area contributed by atoms with Crippen LogP contribution in [0.4, 0.5) is 5.69 Å². The Labute approximate surface area is 135 Å². The summed E-state index contributed by atoms with van der Waals surface area (Å²) in [6.45, 7) is 8.58. The third kappa shape index (κ3) is 2.60. The number of anilines is 1. The van der Waals surface area contributed by atoms with E-state index in [1.165, 1.54) is 0 Å². The summed E-state index contributed by atoms with van der Waals surface area (Å²) < 4.78 is 7.52. The monoisotopic (exact) mass is 311 g/mol. The minimum atomic E-state index is 0.221. The largest absolute Gasteiger partial charge is 0.477 e. The van der Waals surface area contributed by atoms with Gasteiger partial charge in [0.2, 0.25) is 5.88 Å². The Hall–Kier alpha value is -2.63. The standard InChI is InChI=1S/C17H21N5O/c1-5-23-17-12(7-6-8-19-17)14-9-13(18)16-15(20-14)11(4)21-22(16)10(2)3/h6-10H,5H2,1-4H3,(H2,18,20). The Kier molecular flexibility index (Phi) is 3.90. The summed E-state index contributed by atoms with van der Waals surface area (Å²) in [4.78, 5) is 9.05. The SMILES string of the molecule is CCOc1ncccc1-c1cc(N)c2c(n1)c(C)nn2C(C)C. The molecule has 3 rings (SSSR count). The molecular formula is C17H21N5O. The molecule has 3 heterocycles. The number of hydrogen-bond donors (Lipinski definition) is 1. The van der Waals surface area contributed by atoms with Crippen LogP contribution in [0.1, 0.15) is 32.5 Å². The number of aryl methyl sites for hydroxylation is 1. The third-order valence-corrected chi connectivity index (χ3v) is 3.67. The van der Waals surface area contributed by atoms with E-state index in [0.717, 1.165) is 28.0 Å². The maximum atomic E-state index is 6.31. The molecule has 6 heteroatoms. The second-order valence-electron chi connectivity index (χ2n) is 5.71. The summed E-state index contributed by atoms with van der Waals surface area (Å²) in [6, 6.07) is 5.89. The fourth-order valence-corrected chi connectivity index (χ4v) is 2.66. The van der Waals surface area contributed by atoms with E-state index in [4.69, 9.17) is 15.5 Å². The number of ether oxygens (including phenoxy) is 1. The van der Waals surface area contributed by atoms with Gasteiger partial charge >= 0.3 is 0 Å². The minimum Gasteiger partial charge on any atom is -0.477 e. The highest BCUT2D eigenvalue weighted by Gasteiger charge is 2.17. The molecule has 0 aliphatic heterocycles. The molecular weight excluding hydrogens is 290 g/mol. The van der Waals surface area contributed by atoms with Crippen LogP contribution in [-0.4, -0.2) is 26.4 Å². The van der Waals surface area contributed by atoms with E-state index in [9.17, 15) is 0 Å². The summed E-state index contributed by atoms with van der Waals surface area (Å²) in [6.07, 6.45) is 1.71. The molecule has 0 saturated carbocycles. The van der Waals surface area contributed by atoms with Gasteiger partial charge < -0.3 is 10.5 Å². The number of nitrogens with two attached hydrogens (primary N) is 1. The quantitative estimate of drug-likeness (QED) is 0.799. The minimum absolute atomic E-state index is 0.221. The molecule has 3 aromatic heterocycles. The fraction of sp³-hybridized carbons (Fsp3) is 0.353. The van der Waals surface area contributed by atoms with Gasteiger partial charge in [-0.2, -0.15) is 5.10 Å². The lowest BCUT2D eigenvalue weighted by Crippen LogP contribution is -2.05. The van der Waals surface area contributed by atoms with Crippen LogP contribution < -0.4 is 10.5 Å². The molecule has 6 nitrogen and oxygen atoms in total. The number of pyridine rings is 2. The molecule has 0 aliphatic carbocycles. The summed E-state index contributed by atoms with van der Waals surface area (Å²) in [7, 11) is 0. The van der Waals surface area contributed by atoms with E-state index in [1.54, 1.807) is 6.20 Å². The van der Waals surface area contributed by atoms with Crippen LogP contribution in [0.15, 0.2) is 24.4 Å². The Morgan fingerprint density at radius 1 is 1.35 bits per heavy atom. The van der Waals surface area contributed by atoms with E-state index in [2.05, 4.69) is 23.9 Å². The topological polar surface area (TPSA) is 78.8 Å². The van der Waals surface area contributed by atoms with Gasteiger partial charge in [0.25, 0.3) is 0 Å². The number of nitrogen functional groups attached to an aromatic ring is 1. The molecule has 120 valence electrons. The summed E-state index contributed by atoms with van der Waals surface area (Å²) in [5.74, 6) is 0.565. The Balaban J connectivity index is 2.24. The predicted octanol–water partition coefficient (Wildman–Crippen LogP) is 3.36. The molecule has 0 spiro atoms. The molecule has 3 aromatic rings. The van der Waals surface area contributed by atoms with E-state index in [1.807, 2.05) is 36.7 Å². The third-order valence-electron chi connectivity index (χ3n) is 3.67. The van der Waals surface area contributed by atoms with Crippen LogP contribution >= 0.6 is 0 Å². The van der Waals surface area contributed by atoms with Gasteiger partial charge in [-0.25, -0.2) is 9.97 Å². The van der Waals surface area contributed by atoms with Crippen molar-refractivity contribution in [1.29, 1.82) is 0 Å². The average molecular weight is 311 g/mol. The molecule has 23 heavy (non-hydrogen) atoms. The first-order valence-corrected chi connectivity index (χ1v) is 7.76. The highest BCUT2D eigenvalue weighted by Crippen LogP contribution is 2.32. The number of hydrogen-bond acceptors (Lipinski definition) is 5. The van der Waals surface area contributed by atoms with Crippen molar-refractivity contribution in [3.63, 3.8) is 0 Å². The Morgan fingerprint density at radius 2 is 2.13 bits per heavy atom. The van der Waals surface area contributed by atoms with Crippen LogP contribution in [0.25, 0.3) is 22.3 Å². The normalized spacial score (nSPS) is 11.3. The van der Waals surface area contributed by atoms with Crippen molar-refractivity contribution in [2.75, 3.05) is 12.3 Å². The van der Waals surface area contributed by atoms with Gasteiger partial charge in [0.1, 0.15) is 11.0 Å². The molecule has 0 radical (unpaired) electrons. The first kappa shape index (κ1) is 15.3. The zero-order valence-corrected chi connectivity index (χ0v) is 13.9. The van der Waals surface area contributed by atoms with Crippen LogP contribution in [0, 0.1) is 6.92 Å².